The van der Waals surface area contributed by atoms with Crippen LogP contribution in [-0.4, -0.2) is 39.3 Å². The Labute approximate surface area is 181 Å². The molecule has 2 aromatic rings. The van der Waals surface area contributed by atoms with Gasteiger partial charge in [0.1, 0.15) is 6.54 Å². The van der Waals surface area contributed by atoms with Crippen LogP contribution in [0.2, 0.25) is 0 Å². The van der Waals surface area contributed by atoms with Crippen LogP contribution in [0.4, 0.5) is 5.69 Å². The van der Waals surface area contributed by atoms with Crippen molar-refractivity contribution < 1.29 is 13.2 Å². The Morgan fingerprint density at radius 1 is 0.967 bits per heavy atom. The highest BCUT2D eigenvalue weighted by molar-refractivity contribution is 7.90. The van der Waals surface area contributed by atoms with E-state index in [0.717, 1.165) is 26.6 Å². The minimum Gasteiger partial charge on any atom is -0.348 e. The first-order valence-electron chi connectivity index (χ1n) is 10.1. The van der Waals surface area contributed by atoms with E-state index >= 15 is 0 Å². The zero-order valence-electron chi connectivity index (χ0n) is 19.0. The molecule has 0 aliphatic rings. The maximum absolute atomic E-state index is 13.0. The Kier molecular flexibility index (Phi) is 7.66. The van der Waals surface area contributed by atoms with Crippen LogP contribution in [-0.2, 0) is 15.0 Å². The first-order valence-corrected chi connectivity index (χ1v) is 11.5. The first kappa shape index (κ1) is 23.9. The van der Waals surface area contributed by atoms with Gasteiger partial charge in [-0.25, -0.2) is 4.31 Å². The van der Waals surface area contributed by atoms with E-state index in [9.17, 15) is 13.2 Å². The third-order valence-corrected chi connectivity index (χ3v) is 7.14. The fourth-order valence-electron chi connectivity index (χ4n) is 3.25. The number of hydrogen-bond acceptors (Lipinski definition) is 3. The normalized spacial score (nSPS) is 12.7. The third kappa shape index (κ3) is 5.40. The second-order valence-corrected chi connectivity index (χ2v) is 10.0. The summed E-state index contributed by atoms with van der Waals surface area (Å²) in [7, 11) is -0.905. The lowest BCUT2D eigenvalue weighted by atomic mass is 9.99. The molecule has 0 aromatic heterocycles. The van der Waals surface area contributed by atoms with Crippen LogP contribution < -0.4 is 9.62 Å². The molecule has 2 aromatic carbocycles. The molecule has 6 nitrogen and oxygen atoms in total. The minimum absolute atomic E-state index is 0.181. The predicted molar refractivity (Wildman–Crippen MR) is 123 cm³/mol. The third-order valence-electron chi connectivity index (χ3n) is 5.34. The molecular formula is C23H33N3O3S. The fourth-order valence-corrected chi connectivity index (χ4v) is 4.37. The molecule has 0 spiro atoms. The second kappa shape index (κ2) is 9.62. The number of aryl methyl sites for hydroxylation is 4. The number of benzene rings is 2. The lowest BCUT2D eigenvalue weighted by Gasteiger charge is -2.29. The van der Waals surface area contributed by atoms with Crippen molar-refractivity contribution in [3.63, 3.8) is 0 Å². The molecule has 7 heteroatoms. The van der Waals surface area contributed by atoms with Crippen molar-refractivity contribution in [2.24, 2.45) is 0 Å². The molecule has 0 saturated heterocycles. The fraction of sp³-hybridized carbons (Fsp3) is 0.435. The highest BCUT2D eigenvalue weighted by atomic mass is 32.2. The van der Waals surface area contributed by atoms with Crippen molar-refractivity contribution in [2.45, 2.75) is 47.1 Å². The molecule has 0 bridgehead atoms. The summed E-state index contributed by atoms with van der Waals surface area (Å²) in [6.45, 7) is 9.54. The van der Waals surface area contributed by atoms with E-state index in [4.69, 9.17) is 0 Å². The first-order chi connectivity index (χ1) is 14.0. The standard InChI is InChI=1S/C23H33N3O3S/c1-8-21(20-12-11-17(3)19(5)14-20)24-23(27)15-26(30(28,29)25(6)7)22-13-16(2)9-10-18(22)4/h9-14,21H,8,15H2,1-7H3,(H,24,27)/t21-/m0/s1. The molecule has 1 N–H and O–H groups in total. The van der Waals surface area contributed by atoms with Crippen LogP contribution in [0.3, 0.4) is 0 Å². The van der Waals surface area contributed by atoms with Crippen LogP contribution in [0.15, 0.2) is 36.4 Å². The summed E-state index contributed by atoms with van der Waals surface area (Å²) < 4.78 is 28.3. The van der Waals surface area contributed by atoms with Crippen LogP contribution >= 0.6 is 0 Å². The van der Waals surface area contributed by atoms with Gasteiger partial charge in [0.05, 0.1) is 11.7 Å². The summed E-state index contributed by atoms with van der Waals surface area (Å²) in [5, 5.41) is 3.01. The van der Waals surface area contributed by atoms with Gasteiger partial charge in [-0.1, -0.05) is 37.3 Å². The minimum atomic E-state index is -3.84. The van der Waals surface area contributed by atoms with Gasteiger partial charge in [0.25, 0.3) is 0 Å². The molecule has 0 aliphatic heterocycles. The van der Waals surface area contributed by atoms with Crippen LogP contribution in [0.1, 0.15) is 47.2 Å². The Bertz CT molecular complexity index is 1020. The second-order valence-electron chi connectivity index (χ2n) is 7.96. The van der Waals surface area contributed by atoms with Crippen molar-refractivity contribution in [1.82, 2.24) is 9.62 Å². The van der Waals surface area contributed by atoms with Gasteiger partial charge < -0.3 is 5.32 Å². The maximum atomic E-state index is 13.0. The van der Waals surface area contributed by atoms with Crippen LogP contribution in [0.25, 0.3) is 0 Å². The summed E-state index contributed by atoms with van der Waals surface area (Å²) >= 11 is 0. The Balaban J connectivity index is 2.33. The molecule has 0 radical (unpaired) electrons. The average Bonchev–Trinajstić information content (AvgIpc) is 2.68. The summed E-state index contributed by atoms with van der Waals surface area (Å²) in [4.78, 5) is 13.0. The van der Waals surface area contributed by atoms with Crippen molar-refractivity contribution in [3.05, 3.63) is 64.2 Å². The predicted octanol–water partition coefficient (Wildman–Crippen LogP) is 3.80. The number of hydrogen-bond donors (Lipinski definition) is 1. The molecule has 0 heterocycles. The molecule has 0 unspecified atom stereocenters. The van der Waals surface area contributed by atoms with Gasteiger partial charge in [0, 0.05) is 14.1 Å². The number of nitrogens with one attached hydrogen (secondary N) is 1. The van der Waals surface area contributed by atoms with E-state index in [1.54, 1.807) is 6.07 Å². The van der Waals surface area contributed by atoms with Gasteiger partial charge >= 0.3 is 10.2 Å². The van der Waals surface area contributed by atoms with Gasteiger partial charge in [0.15, 0.2) is 0 Å². The van der Waals surface area contributed by atoms with E-state index in [2.05, 4.69) is 11.4 Å². The SMILES string of the molecule is CC[C@H](NC(=O)CN(c1cc(C)ccc1C)S(=O)(=O)N(C)C)c1ccc(C)c(C)c1. The maximum Gasteiger partial charge on any atom is 0.304 e. The summed E-state index contributed by atoms with van der Waals surface area (Å²) in [6, 6.07) is 11.5. The molecule has 0 fully saturated rings. The summed E-state index contributed by atoms with van der Waals surface area (Å²) in [5.41, 5.74) is 5.60. The van der Waals surface area contributed by atoms with Gasteiger partial charge in [-0.3, -0.25) is 4.79 Å². The van der Waals surface area contributed by atoms with Gasteiger partial charge in [-0.2, -0.15) is 12.7 Å². The molecule has 1 atom stereocenters. The highest BCUT2D eigenvalue weighted by Gasteiger charge is 2.29. The Hall–Kier alpha value is -2.38. The number of nitrogens with zero attached hydrogens (tertiary/aromatic N) is 2. The van der Waals surface area contributed by atoms with Gasteiger partial charge in [-0.15, -0.1) is 0 Å². The number of anilines is 1. The van der Waals surface area contributed by atoms with Crippen molar-refractivity contribution in [1.29, 1.82) is 0 Å². The van der Waals surface area contributed by atoms with Crippen molar-refractivity contribution in [2.75, 3.05) is 24.9 Å². The molecule has 0 saturated carbocycles. The smallest absolute Gasteiger partial charge is 0.304 e. The van der Waals surface area contributed by atoms with E-state index in [0.29, 0.717) is 12.1 Å². The topological polar surface area (TPSA) is 69.7 Å². The zero-order valence-corrected chi connectivity index (χ0v) is 19.8. The number of carbonyl (C=O) groups excluding carboxylic acids is 1. The molecule has 2 rings (SSSR count). The van der Waals surface area contributed by atoms with E-state index in [1.807, 2.05) is 58.9 Å². The Morgan fingerprint density at radius 2 is 1.60 bits per heavy atom. The highest BCUT2D eigenvalue weighted by Crippen LogP contribution is 2.26. The summed E-state index contributed by atoms with van der Waals surface area (Å²) in [6.07, 6.45) is 0.706. The lowest BCUT2D eigenvalue weighted by molar-refractivity contribution is -0.120. The van der Waals surface area contributed by atoms with E-state index in [-0.39, 0.29) is 18.5 Å². The zero-order chi connectivity index (χ0) is 22.6. The van der Waals surface area contributed by atoms with Crippen LogP contribution in [0, 0.1) is 27.7 Å². The molecule has 164 valence electrons. The van der Waals surface area contributed by atoms with Crippen LogP contribution in [0.5, 0.6) is 0 Å². The Morgan fingerprint density at radius 3 is 2.17 bits per heavy atom. The number of amides is 1. The molecular weight excluding hydrogens is 398 g/mol. The lowest BCUT2D eigenvalue weighted by Crippen LogP contribution is -2.46. The van der Waals surface area contributed by atoms with Crippen molar-refractivity contribution >= 4 is 21.8 Å². The monoisotopic (exact) mass is 431 g/mol. The average molecular weight is 432 g/mol. The number of carbonyl (C=O) groups is 1. The van der Waals surface area contributed by atoms with Gasteiger partial charge in [-0.05, 0) is 68.0 Å². The largest absolute Gasteiger partial charge is 0.348 e. The molecule has 1 amide bonds. The van der Waals surface area contributed by atoms with Crippen molar-refractivity contribution in [3.8, 4) is 0 Å². The van der Waals surface area contributed by atoms with E-state index < -0.39 is 10.2 Å². The molecule has 30 heavy (non-hydrogen) atoms. The van der Waals surface area contributed by atoms with E-state index in [1.165, 1.54) is 24.0 Å². The molecule has 0 aliphatic carbocycles. The quantitative estimate of drug-likeness (QED) is 0.691. The summed E-state index contributed by atoms with van der Waals surface area (Å²) in [5.74, 6) is -0.341. The number of rotatable bonds is 8. The van der Waals surface area contributed by atoms with Gasteiger partial charge in [0.2, 0.25) is 5.91 Å².